The van der Waals surface area contributed by atoms with E-state index in [1.54, 1.807) is 49.1 Å². The summed E-state index contributed by atoms with van der Waals surface area (Å²) in [6, 6.07) is 10.4. The Morgan fingerprint density at radius 1 is 1.21 bits per heavy atom. The van der Waals surface area contributed by atoms with E-state index in [1.165, 1.54) is 0 Å². The normalized spacial score (nSPS) is 11.1. The molecule has 0 aliphatic heterocycles. The lowest BCUT2D eigenvalue weighted by molar-refractivity contribution is -0.0914. The molecule has 0 bridgehead atoms. The number of benzene rings is 1. The fourth-order valence-corrected chi connectivity index (χ4v) is 2.74. The van der Waals surface area contributed by atoms with Crippen LogP contribution in [0.15, 0.2) is 36.4 Å². The summed E-state index contributed by atoms with van der Waals surface area (Å²) < 4.78 is 11.9. The summed E-state index contributed by atoms with van der Waals surface area (Å²) in [4.78, 5) is 12.2. The Kier molecular flexibility index (Phi) is 6.75. The van der Waals surface area contributed by atoms with Crippen LogP contribution in [0.4, 0.5) is 5.82 Å². The zero-order valence-electron chi connectivity index (χ0n) is 15.6. The van der Waals surface area contributed by atoms with Crippen LogP contribution < -0.4 is 10.6 Å². The average Bonchev–Trinajstić information content (AvgIpc) is 3.11. The van der Waals surface area contributed by atoms with Gasteiger partial charge in [-0.3, -0.25) is 4.79 Å². The van der Waals surface area contributed by atoms with Crippen molar-refractivity contribution >= 4 is 29.0 Å². The van der Waals surface area contributed by atoms with Gasteiger partial charge in [0.2, 0.25) is 0 Å². The van der Waals surface area contributed by atoms with Gasteiger partial charge in [-0.05, 0) is 30.3 Å². The van der Waals surface area contributed by atoms with Crippen molar-refractivity contribution in [2.24, 2.45) is 0 Å². The predicted octanol–water partition coefficient (Wildman–Crippen LogP) is 1.78. The highest BCUT2D eigenvalue weighted by molar-refractivity contribution is 6.30. The number of carbonyl (C=O) groups excluding carboxylic acids is 1. The van der Waals surface area contributed by atoms with Crippen molar-refractivity contribution in [1.82, 2.24) is 25.1 Å². The Morgan fingerprint density at radius 2 is 2.04 bits per heavy atom. The molecule has 0 fully saturated rings. The largest absolute Gasteiger partial charge is 0.364 e. The number of nitrogens with one attached hydrogen (secondary N) is 2. The second-order valence-corrected chi connectivity index (χ2v) is 6.34. The van der Waals surface area contributed by atoms with Crippen molar-refractivity contribution in [1.29, 1.82) is 0 Å². The van der Waals surface area contributed by atoms with E-state index in [9.17, 15) is 4.79 Å². The molecule has 1 aromatic carbocycles. The summed E-state index contributed by atoms with van der Waals surface area (Å²) in [5.74, 6) is 1.08. The van der Waals surface area contributed by atoms with Crippen LogP contribution in [0, 0.1) is 0 Å². The Hall–Kier alpha value is -2.75. The summed E-state index contributed by atoms with van der Waals surface area (Å²) in [5.41, 5.74) is 1.13. The molecule has 0 saturated heterocycles. The summed E-state index contributed by atoms with van der Waals surface area (Å²) in [6.45, 7) is 0.833. The molecule has 3 aromatic rings. The molecular formula is C18H21ClN6O3. The fourth-order valence-electron chi connectivity index (χ4n) is 2.55. The van der Waals surface area contributed by atoms with Crippen LogP contribution >= 0.6 is 11.6 Å². The molecule has 148 valence electrons. The number of hydrogen-bond acceptors (Lipinski definition) is 7. The zero-order valence-corrected chi connectivity index (χ0v) is 16.3. The van der Waals surface area contributed by atoms with Gasteiger partial charge >= 0.3 is 0 Å². The number of fused-ring (bicyclic) bond motifs is 1. The number of carbonyl (C=O) groups is 1. The van der Waals surface area contributed by atoms with E-state index in [-0.39, 0.29) is 12.2 Å². The molecule has 28 heavy (non-hydrogen) atoms. The minimum atomic E-state index is -0.375. The molecular weight excluding hydrogens is 384 g/mol. The first-order valence-electron chi connectivity index (χ1n) is 8.65. The van der Waals surface area contributed by atoms with E-state index in [2.05, 4.69) is 25.9 Å². The summed E-state index contributed by atoms with van der Waals surface area (Å²) in [5, 5.41) is 19.2. The number of aromatic nitrogens is 4. The van der Waals surface area contributed by atoms with Crippen LogP contribution in [0.25, 0.3) is 5.65 Å². The van der Waals surface area contributed by atoms with Crippen LogP contribution in [0.5, 0.6) is 0 Å². The van der Waals surface area contributed by atoms with E-state index in [0.29, 0.717) is 47.4 Å². The fraction of sp³-hybridized carbons (Fsp3) is 0.333. The number of anilines is 1. The maximum absolute atomic E-state index is 12.2. The van der Waals surface area contributed by atoms with Gasteiger partial charge in [0.1, 0.15) is 5.82 Å². The molecule has 0 spiro atoms. The van der Waals surface area contributed by atoms with Crippen LogP contribution in [0.1, 0.15) is 16.2 Å². The number of halogens is 1. The van der Waals surface area contributed by atoms with E-state index in [0.717, 1.165) is 0 Å². The highest BCUT2D eigenvalue weighted by Crippen LogP contribution is 2.11. The van der Waals surface area contributed by atoms with Gasteiger partial charge in [0.05, 0.1) is 6.54 Å². The molecule has 0 aliphatic rings. The molecule has 2 aromatic heterocycles. The predicted molar refractivity (Wildman–Crippen MR) is 105 cm³/mol. The second kappa shape index (κ2) is 9.45. The third kappa shape index (κ3) is 4.94. The summed E-state index contributed by atoms with van der Waals surface area (Å²) >= 11 is 5.92. The second-order valence-electron chi connectivity index (χ2n) is 5.90. The monoisotopic (exact) mass is 404 g/mol. The molecule has 2 N–H and O–H groups in total. The SMILES string of the molecule is COC(CNc1ccc2nnc(CCNC(=O)c3cccc(Cl)c3)n2n1)OC. The van der Waals surface area contributed by atoms with Gasteiger partial charge in [0.15, 0.2) is 17.8 Å². The molecule has 0 radical (unpaired) electrons. The zero-order chi connectivity index (χ0) is 19.9. The topological polar surface area (TPSA) is 103 Å². The molecule has 0 unspecified atom stereocenters. The Morgan fingerprint density at radius 3 is 2.79 bits per heavy atom. The third-order valence-corrected chi connectivity index (χ3v) is 4.26. The molecule has 3 rings (SSSR count). The van der Waals surface area contributed by atoms with E-state index >= 15 is 0 Å². The number of hydrogen-bond donors (Lipinski definition) is 2. The third-order valence-electron chi connectivity index (χ3n) is 4.02. The highest BCUT2D eigenvalue weighted by atomic mass is 35.5. The van der Waals surface area contributed by atoms with Gasteiger partial charge in [0.25, 0.3) is 5.91 Å². The van der Waals surface area contributed by atoms with Crippen molar-refractivity contribution < 1.29 is 14.3 Å². The Balaban J connectivity index is 1.61. The van der Waals surface area contributed by atoms with Gasteiger partial charge in [0, 0.05) is 37.8 Å². The summed E-state index contributed by atoms with van der Waals surface area (Å²) in [7, 11) is 3.14. The van der Waals surface area contributed by atoms with Crippen LogP contribution in [0.2, 0.25) is 5.02 Å². The first kappa shape index (κ1) is 20.0. The molecule has 9 nitrogen and oxygen atoms in total. The van der Waals surface area contributed by atoms with Gasteiger partial charge in [-0.15, -0.1) is 15.3 Å². The molecule has 0 atom stereocenters. The highest BCUT2D eigenvalue weighted by Gasteiger charge is 2.11. The minimum Gasteiger partial charge on any atom is -0.364 e. The van der Waals surface area contributed by atoms with E-state index < -0.39 is 0 Å². The van der Waals surface area contributed by atoms with E-state index in [1.807, 2.05) is 6.07 Å². The lowest BCUT2D eigenvalue weighted by atomic mass is 10.2. The number of nitrogens with zero attached hydrogens (tertiary/aromatic N) is 4. The molecule has 10 heteroatoms. The number of methoxy groups -OCH3 is 2. The van der Waals surface area contributed by atoms with Crippen molar-refractivity contribution in [2.75, 3.05) is 32.6 Å². The molecule has 1 amide bonds. The Labute approximate surface area is 167 Å². The lowest BCUT2D eigenvalue weighted by Gasteiger charge is -2.14. The van der Waals surface area contributed by atoms with Crippen molar-refractivity contribution in [3.63, 3.8) is 0 Å². The smallest absolute Gasteiger partial charge is 0.251 e. The van der Waals surface area contributed by atoms with Crippen molar-refractivity contribution in [3.8, 4) is 0 Å². The molecule has 0 saturated carbocycles. The number of rotatable bonds is 9. The van der Waals surface area contributed by atoms with Crippen LogP contribution in [0.3, 0.4) is 0 Å². The van der Waals surface area contributed by atoms with Crippen LogP contribution in [-0.2, 0) is 15.9 Å². The Bertz CT molecular complexity index is 944. The number of ether oxygens (including phenoxy) is 2. The first-order chi connectivity index (χ1) is 13.6. The minimum absolute atomic E-state index is 0.197. The first-order valence-corrected chi connectivity index (χ1v) is 9.03. The van der Waals surface area contributed by atoms with E-state index in [4.69, 9.17) is 21.1 Å². The van der Waals surface area contributed by atoms with Gasteiger partial charge in [-0.2, -0.15) is 4.52 Å². The average molecular weight is 405 g/mol. The quantitative estimate of drug-likeness (QED) is 0.524. The summed E-state index contributed by atoms with van der Waals surface area (Å²) in [6.07, 6.45) is 0.0995. The molecule has 2 heterocycles. The molecule has 0 aliphatic carbocycles. The van der Waals surface area contributed by atoms with Gasteiger partial charge < -0.3 is 20.1 Å². The number of amides is 1. The van der Waals surface area contributed by atoms with Crippen molar-refractivity contribution in [2.45, 2.75) is 12.7 Å². The van der Waals surface area contributed by atoms with Crippen LogP contribution in [-0.4, -0.2) is 59.3 Å². The maximum Gasteiger partial charge on any atom is 0.251 e. The van der Waals surface area contributed by atoms with Gasteiger partial charge in [-0.25, -0.2) is 0 Å². The lowest BCUT2D eigenvalue weighted by Crippen LogP contribution is -2.26. The van der Waals surface area contributed by atoms with Gasteiger partial charge in [-0.1, -0.05) is 17.7 Å². The maximum atomic E-state index is 12.2. The van der Waals surface area contributed by atoms with Crippen molar-refractivity contribution in [3.05, 3.63) is 52.8 Å². The standard InChI is InChI=1S/C18H21ClN6O3/c1-27-17(28-2)11-21-14-6-7-15-22-23-16(25(15)24-14)8-9-20-18(26)12-4-3-5-13(19)10-12/h3-7,10,17H,8-9,11H2,1-2H3,(H,20,26)(H,21,24).